The first-order valence-electron chi connectivity index (χ1n) is 6.23. The molecule has 0 spiro atoms. The molecule has 17 heavy (non-hydrogen) atoms. The first-order valence-corrected chi connectivity index (χ1v) is 6.23. The summed E-state index contributed by atoms with van der Waals surface area (Å²) in [6, 6.07) is 10.8. The monoisotopic (exact) mass is 233 g/mol. The van der Waals surface area contributed by atoms with Gasteiger partial charge in [0.05, 0.1) is 12.5 Å². The third kappa shape index (κ3) is 3.30. The van der Waals surface area contributed by atoms with Crippen LogP contribution in [-0.2, 0) is 16.0 Å². The van der Waals surface area contributed by atoms with E-state index in [2.05, 4.69) is 17.4 Å². The van der Waals surface area contributed by atoms with Gasteiger partial charge in [-0.2, -0.15) is 0 Å². The quantitative estimate of drug-likeness (QED) is 0.805. The van der Waals surface area contributed by atoms with E-state index in [1.165, 1.54) is 5.56 Å². The zero-order valence-corrected chi connectivity index (χ0v) is 10.2. The maximum absolute atomic E-state index is 11.6. The minimum atomic E-state index is -0.0597. The summed E-state index contributed by atoms with van der Waals surface area (Å²) in [6.45, 7) is 3.07. The van der Waals surface area contributed by atoms with Crippen LogP contribution in [0.1, 0.15) is 18.9 Å². The summed E-state index contributed by atoms with van der Waals surface area (Å²) in [7, 11) is 0. The van der Waals surface area contributed by atoms with Crippen LogP contribution in [0, 0.1) is 5.92 Å². The lowest BCUT2D eigenvalue weighted by molar-refractivity contribution is -0.147. The third-order valence-electron chi connectivity index (χ3n) is 3.17. The van der Waals surface area contributed by atoms with Crippen LogP contribution in [-0.4, -0.2) is 25.2 Å². The van der Waals surface area contributed by atoms with Crippen molar-refractivity contribution in [3.63, 3.8) is 0 Å². The van der Waals surface area contributed by atoms with E-state index in [0.29, 0.717) is 12.6 Å². The van der Waals surface area contributed by atoms with E-state index in [-0.39, 0.29) is 11.9 Å². The number of ether oxygens (including phenoxy) is 1. The Labute approximate surface area is 102 Å². The highest BCUT2D eigenvalue weighted by molar-refractivity contribution is 5.73. The molecule has 2 unspecified atom stereocenters. The van der Waals surface area contributed by atoms with Crippen molar-refractivity contribution in [2.45, 2.75) is 25.8 Å². The minimum absolute atomic E-state index is 0.0312. The van der Waals surface area contributed by atoms with Crippen molar-refractivity contribution in [1.29, 1.82) is 0 Å². The van der Waals surface area contributed by atoms with Crippen LogP contribution >= 0.6 is 0 Å². The van der Waals surface area contributed by atoms with Crippen molar-refractivity contribution in [2.75, 3.05) is 13.2 Å². The molecule has 0 aromatic heterocycles. The normalized spacial score (nSPS) is 23.6. The fraction of sp³-hybridized carbons (Fsp3) is 0.500. The minimum Gasteiger partial charge on any atom is -0.466 e. The molecule has 1 aromatic rings. The number of hydrogen-bond acceptors (Lipinski definition) is 3. The fourth-order valence-electron chi connectivity index (χ4n) is 2.31. The number of carbonyl (C=O) groups is 1. The third-order valence-corrected chi connectivity index (χ3v) is 3.17. The highest BCUT2D eigenvalue weighted by atomic mass is 16.5. The molecular weight excluding hydrogens is 214 g/mol. The summed E-state index contributed by atoms with van der Waals surface area (Å²) < 4.78 is 5.05. The van der Waals surface area contributed by atoms with Crippen molar-refractivity contribution >= 4 is 5.97 Å². The Morgan fingerprint density at radius 3 is 2.88 bits per heavy atom. The van der Waals surface area contributed by atoms with Gasteiger partial charge in [-0.1, -0.05) is 30.3 Å². The summed E-state index contributed by atoms with van der Waals surface area (Å²) in [5.41, 5.74) is 1.31. The number of rotatable bonds is 4. The average Bonchev–Trinajstić information content (AvgIpc) is 2.79. The molecule has 1 saturated heterocycles. The van der Waals surface area contributed by atoms with Gasteiger partial charge in [0.1, 0.15) is 0 Å². The van der Waals surface area contributed by atoms with Gasteiger partial charge in [0.2, 0.25) is 0 Å². The Hall–Kier alpha value is -1.35. The maximum Gasteiger partial charge on any atom is 0.310 e. The van der Waals surface area contributed by atoms with Crippen LogP contribution in [0.4, 0.5) is 0 Å². The molecule has 0 saturated carbocycles. The predicted molar refractivity (Wildman–Crippen MR) is 66.7 cm³/mol. The Morgan fingerprint density at radius 2 is 2.18 bits per heavy atom. The highest BCUT2D eigenvalue weighted by Gasteiger charge is 2.30. The molecule has 1 N–H and O–H groups in total. The van der Waals surface area contributed by atoms with Gasteiger partial charge in [-0.05, 0) is 25.3 Å². The number of carbonyl (C=O) groups excluding carboxylic acids is 1. The maximum atomic E-state index is 11.6. The molecule has 0 bridgehead atoms. The summed E-state index contributed by atoms with van der Waals surface area (Å²) in [5, 5.41) is 3.39. The zero-order valence-electron chi connectivity index (χ0n) is 10.2. The molecule has 0 aliphatic carbocycles. The fourth-order valence-corrected chi connectivity index (χ4v) is 2.31. The van der Waals surface area contributed by atoms with E-state index in [9.17, 15) is 4.79 Å². The summed E-state index contributed by atoms with van der Waals surface area (Å²) in [5.74, 6) is -0.0285. The van der Waals surface area contributed by atoms with Gasteiger partial charge >= 0.3 is 5.97 Å². The SMILES string of the molecule is CCOC(=O)C1CNC(Cc2ccccc2)C1. The lowest BCUT2D eigenvalue weighted by Crippen LogP contribution is -2.24. The van der Waals surface area contributed by atoms with Gasteiger partial charge < -0.3 is 10.1 Å². The summed E-state index contributed by atoms with van der Waals surface area (Å²) in [4.78, 5) is 11.6. The molecule has 0 amide bonds. The summed E-state index contributed by atoms with van der Waals surface area (Å²) >= 11 is 0. The molecule has 1 fully saturated rings. The Morgan fingerprint density at radius 1 is 1.41 bits per heavy atom. The molecular formula is C14H19NO2. The smallest absolute Gasteiger partial charge is 0.310 e. The van der Waals surface area contributed by atoms with Crippen molar-refractivity contribution < 1.29 is 9.53 Å². The second kappa shape index (κ2) is 5.82. The van der Waals surface area contributed by atoms with Crippen LogP contribution in [0.15, 0.2) is 30.3 Å². The van der Waals surface area contributed by atoms with Crippen molar-refractivity contribution in [1.82, 2.24) is 5.32 Å². The molecule has 3 nitrogen and oxygen atoms in total. The second-order valence-electron chi connectivity index (χ2n) is 4.48. The van der Waals surface area contributed by atoms with Crippen molar-refractivity contribution in [3.8, 4) is 0 Å². The molecule has 3 heteroatoms. The number of nitrogens with one attached hydrogen (secondary N) is 1. The van der Waals surface area contributed by atoms with E-state index < -0.39 is 0 Å². The van der Waals surface area contributed by atoms with Crippen LogP contribution in [0.2, 0.25) is 0 Å². The van der Waals surface area contributed by atoms with Gasteiger partial charge in [0.15, 0.2) is 0 Å². The van der Waals surface area contributed by atoms with Gasteiger partial charge in [-0.25, -0.2) is 0 Å². The molecule has 1 aromatic carbocycles. The zero-order chi connectivity index (χ0) is 12.1. The van der Waals surface area contributed by atoms with Crippen LogP contribution in [0.25, 0.3) is 0 Å². The molecule has 1 aliphatic heterocycles. The second-order valence-corrected chi connectivity index (χ2v) is 4.48. The van der Waals surface area contributed by atoms with Gasteiger partial charge in [0, 0.05) is 12.6 Å². The Balaban J connectivity index is 1.84. The number of esters is 1. The van der Waals surface area contributed by atoms with Crippen LogP contribution in [0.5, 0.6) is 0 Å². The Kier molecular flexibility index (Phi) is 4.15. The topological polar surface area (TPSA) is 38.3 Å². The van der Waals surface area contributed by atoms with Crippen LogP contribution < -0.4 is 5.32 Å². The Bertz CT molecular complexity index is 364. The van der Waals surface area contributed by atoms with E-state index in [1.54, 1.807) is 0 Å². The van der Waals surface area contributed by atoms with E-state index in [4.69, 9.17) is 4.74 Å². The molecule has 2 atom stereocenters. The van der Waals surface area contributed by atoms with Gasteiger partial charge in [-0.15, -0.1) is 0 Å². The predicted octanol–water partition coefficient (Wildman–Crippen LogP) is 1.77. The van der Waals surface area contributed by atoms with Crippen molar-refractivity contribution in [2.24, 2.45) is 5.92 Å². The summed E-state index contributed by atoms with van der Waals surface area (Å²) in [6.07, 6.45) is 1.87. The largest absolute Gasteiger partial charge is 0.466 e. The average molecular weight is 233 g/mol. The number of hydrogen-bond donors (Lipinski definition) is 1. The molecule has 0 radical (unpaired) electrons. The van der Waals surface area contributed by atoms with E-state index in [1.807, 2.05) is 25.1 Å². The first-order chi connectivity index (χ1) is 8.29. The number of benzene rings is 1. The van der Waals surface area contributed by atoms with Gasteiger partial charge in [-0.3, -0.25) is 4.79 Å². The van der Waals surface area contributed by atoms with Crippen LogP contribution in [0.3, 0.4) is 0 Å². The molecule has 1 heterocycles. The van der Waals surface area contributed by atoms with E-state index >= 15 is 0 Å². The molecule has 2 rings (SSSR count). The highest BCUT2D eigenvalue weighted by Crippen LogP contribution is 2.18. The standard InChI is InChI=1S/C14H19NO2/c1-2-17-14(16)12-9-13(15-10-12)8-11-6-4-3-5-7-11/h3-7,12-13,15H,2,8-10H2,1H3. The lowest BCUT2D eigenvalue weighted by atomic mass is 10.0. The molecule has 1 aliphatic rings. The van der Waals surface area contributed by atoms with E-state index in [0.717, 1.165) is 19.4 Å². The molecule has 92 valence electrons. The van der Waals surface area contributed by atoms with Gasteiger partial charge in [0.25, 0.3) is 0 Å². The van der Waals surface area contributed by atoms with Crippen molar-refractivity contribution in [3.05, 3.63) is 35.9 Å². The lowest BCUT2D eigenvalue weighted by Gasteiger charge is -2.10. The first kappa shape index (κ1) is 12.1.